The first kappa shape index (κ1) is 22.4. The molecule has 1 atom stereocenters. The molecule has 1 aliphatic heterocycles. The maximum absolute atomic E-state index is 12.4. The monoisotopic (exact) mass is 408 g/mol. The van der Waals surface area contributed by atoms with Gasteiger partial charge in [0.15, 0.2) is 0 Å². The molecule has 0 aromatic carbocycles. The number of anilines is 1. The lowest BCUT2D eigenvalue weighted by Crippen LogP contribution is -2.50. The number of nitrogens with zero attached hydrogens (tertiary/aromatic N) is 4. The van der Waals surface area contributed by atoms with Crippen molar-refractivity contribution in [1.82, 2.24) is 9.88 Å². The van der Waals surface area contributed by atoms with Crippen LogP contribution in [0.15, 0.2) is 12.3 Å². The first-order valence-corrected chi connectivity index (χ1v) is 9.56. The van der Waals surface area contributed by atoms with Gasteiger partial charge in [-0.3, -0.25) is 10.1 Å². The van der Waals surface area contributed by atoms with E-state index in [1.807, 2.05) is 0 Å². The number of hydrogen-bond donors (Lipinski definition) is 0. The van der Waals surface area contributed by atoms with Crippen molar-refractivity contribution in [2.75, 3.05) is 31.6 Å². The number of piperidine rings is 1. The third-order valence-electron chi connectivity index (χ3n) is 4.51. The molecular formula is C19H28N4O6. The smallest absolute Gasteiger partial charge is 0.410 e. The standard InChI is InChI=1S/C19H28N4O6/c1-6-28-17(24)14-9-10-20-16(15(14)23(26)27)22-11-7-8-13(12-22)21(5)18(25)29-19(2,3)4/h9-10,13H,6-8,11-12H2,1-5H3/t13-/m1/s1. The molecule has 1 aliphatic rings. The van der Waals surface area contributed by atoms with Crippen LogP contribution in [0, 0.1) is 10.1 Å². The number of ether oxygens (including phenoxy) is 2. The Labute approximate surface area is 169 Å². The van der Waals surface area contributed by atoms with Crippen molar-refractivity contribution in [1.29, 1.82) is 0 Å². The lowest BCUT2D eigenvalue weighted by atomic mass is 10.0. The highest BCUT2D eigenvalue weighted by Gasteiger charge is 2.34. The molecule has 0 spiro atoms. The van der Waals surface area contributed by atoms with Gasteiger partial charge in [-0.25, -0.2) is 14.6 Å². The summed E-state index contributed by atoms with van der Waals surface area (Å²) in [5.74, 6) is -0.662. The molecule has 160 valence electrons. The Morgan fingerprint density at radius 3 is 2.69 bits per heavy atom. The van der Waals surface area contributed by atoms with Crippen LogP contribution in [-0.2, 0) is 9.47 Å². The molecule has 0 bridgehead atoms. The van der Waals surface area contributed by atoms with Crippen molar-refractivity contribution in [3.05, 3.63) is 27.9 Å². The average Bonchev–Trinajstić information content (AvgIpc) is 2.65. The Bertz CT molecular complexity index is 776. The quantitative estimate of drug-likeness (QED) is 0.415. The number of carbonyl (C=O) groups excluding carboxylic acids is 2. The Balaban J connectivity index is 2.28. The first-order valence-electron chi connectivity index (χ1n) is 9.56. The average molecular weight is 408 g/mol. The number of likely N-dealkylation sites (N-methyl/N-ethyl adjacent to an activating group) is 1. The summed E-state index contributed by atoms with van der Waals surface area (Å²) in [6.07, 6.45) is 2.35. The van der Waals surface area contributed by atoms with Gasteiger partial charge < -0.3 is 19.3 Å². The highest BCUT2D eigenvalue weighted by Crippen LogP contribution is 2.32. The summed E-state index contributed by atoms with van der Waals surface area (Å²) >= 11 is 0. The maximum atomic E-state index is 12.4. The van der Waals surface area contributed by atoms with Gasteiger partial charge in [0.1, 0.15) is 11.2 Å². The number of aromatic nitrogens is 1. The van der Waals surface area contributed by atoms with Crippen molar-refractivity contribution < 1.29 is 24.0 Å². The summed E-state index contributed by atoms with van der Waals surface area (Å²) in [7, 11) is 1.65. The summed E-state index contributed by atoms with van der Waals surface area (Å²) in [5, 5.41) is 11.7. The van der Waals surface area contributed by atoms with Gasteiger partial charge in [0, 0.05) is 26.3 Å². The molecule has 2 rings (SSSR count). The van der Waals surface area contributed by atoms with Crippen molar-refractivity contribution in [3.63, 3.8) is 0 Å². The van der Waals surface area contributed by atoms with Crippen LogP contribution in [0.1, 0.15) is 50.9 Å². The van der Waals surface area contributed by atoms with Crippen LogP contribution in [0.25, 0.3) is 0 Å². The van der Waals surface area contributed by atoms with Gasteiger partial charge in [-0.15, -0.1) is 0 Å². The largest absolute Gasteiger partial charge is 0.462 e. The van der Waals surface area contributed by atoms with Crippen LogP contribution in [0.5, 0.6) is 0 Å². The molecule has 1 aromatic rings. The third-order valence-corrected chi connectivity index (χ3v) is 4.51. The Kier molecular flexibility index (Phi) is 6.99. The van der Waals surface area contributed by atoms with Crippen LogP contribution in [-0.4, -0.2) is 65.3 Å². The summed E-state index contributed by atoms with van der Waals surface area (Å²) in [6.45, 7) is 7.99. The van der Waals surface area contributed by atoms with Gasteiger partial charge >= 0.3 is 17.7 Å². The molecule has 10 heteroatoms. The molecule has 1 aromatic heterocycles. The van der Waals surface area contributed by atoms with E-state index in [-0.39, 0.29) is 29.7 Å². The molecule has 2 heterocycles. The lowest BCUT2D eigenvalue weighted by molar-refractivity contribution is -0.384. The van der Waals surface area contributed by atoms with Gasteiger partial charge in [0.05, 0.1) is 17.6 Å². The van der Waals surface area contributed by atoms with Crippen molar-refractivity contribution in [2.24, 2.45) is 0 Å². The lowest BCUT2D eigenvalue weighted by Gasteiger charge is -2.38. The van der Waals surface area contributed by atoms with Crippen LogP contribution >= 0.6 is 0 Å². The van der Waals surface area contributed by atoms with Crippen molar-refractivity contribution in [2.45, 2.75) is 52.2 Å². The SMILES string of the molecule is CCOC(=O)c1ccnc(N2CCC[C@@H](N(C)C(=O)OC(C)(C)C)C2)c1[N+](=O)[O-]. The first-order chi connectivity index (χ1) is 13.5. The predicted octanol–water partition coefficient (Wildman–Crippen LogP) is 3.00. The molecule has 0 N–H and O–H groups in total. The molecule has 0 saturated carbocycles. The highest BCUT2D eigenvalue weighted by molar-refractivity contribution is 5.96. The van der Waals surface area contributed by atoms with E-state index in [1.54, 1.807) is 39.6 Å². The van der Waals surface area contributed by atoms with Crippen molar-refractivity contribution >= 4 is 23.6 Å². The topological polar surface area (TPSA) is 115 Å². The zero-order valence-electron chi connectivity index (χ0n) is 17.5. The van der Waals surface area contributed by atoms with E-state index in [0.717, 1.165) is 6.42 Å². The Hall–Kier alpha value is -2.91. The zero-order valence-corrected chi connectivity index (χ0v) is 17.5. The predicted molar refractivity (Wildman–Crippen MR) is 106 cm³/mol. The number of esters is 1. The van der Waals surface area contributed by atoms with Gasteiger partial charge in [-0.2, -0.15) is 0 Å². The van der Waals surface area contributed by atoms with E-state index in [9.17, 15) is 19.7 Å². The molecule has 1 saturated heterocycles. The van der Waals surface area contributed by atoms with Crippen LogP contribution in [0.3, 0.4) is 0 Å². The second-order valence-corrected chi connectivity index (χ2v) is 7.84. The summed E-state index contributed by atoms with van der Waals surface area (Å²) in [4.78, 5) is 43.1. The molecular weight excluding hydrogens is 380 g/mol. The molecule has 1 amide bonds. The van der Waals surface area contributed by atoms with E-state index in [4.69, 9.17) is 9.47 Å². The number of amides is 1. The molecule has 0 unspecified atom stereocenters. The number of hydrogen-bond acceptors (Lipinski definition) is 8. The summed E-state index contributed by atoms with van der Waals surface area (Å²) < 4.78 is 10.4. The Morgan fingerprint density at radius 1 is 1.41 bits per heavy atom. The molecule has 1 fully saturated rings. The third kappa shape index (κ3) is 5.55. The maximum Gasteiger partial charge on any atom is 0.410 e. The number of pyridine rings is 1. The van der Waals surface area contributed by atoms with Gasteiger partial charge in [0.25, 0.3) is 0 Å². The number of carbonyl (C=O) groups is 2. The minimum absolute atomic E-state index is 0.0999. The van der Waals surface area contributed by atoms with E-state index in [2.05, 4.69) is 4.98 Å². The van der Waals surface area contributed by atoms with Gasteiger partial charge in [-0.1, -0.05) is 0 Å². The van der Waals surface area contributed by atoms with Crippen LogP contribution in [0.2, 0.25) is 0 Å². The molecule has 10 nitrogen and oxygen atoms in total. The molecule has 29 heavy (non-hydrogen) atoms. The molecule has 0 radical (unpaired) electrons. The van der Waals surface area contributed by atoms with Crippen LogP contribution in [0.4, 0.5) is 16.3 Å². The fraction of sp³-hybridized carbons (Fsp3) is 0.632. The normalized spacial score (nSPS) is 16.9. The summed E-state index contributed by atoms with van der Waals surface area (Å²) in [5.41, 5.74) is -1.13. The van der Waals surface area contributed by atoms with Gasteiger partial charge in [-0.05, 0) is 46.6 Å². The fourth-order valence-electron chi connectivity index (χ4n) is 3.17. The Morgan fingerprint density at radius 2 is 2.10 bits per heavy atom. The fourth-order valence-corrected chi connectivity index (χ4v) is 3.17. The number of nitro groups is 1. The summed E-state index contributed by atoms with van der Waals surface area (Å²) in [6, 6.07) is 1.08. The van der Waals surface area contributed by atoms with Crippen LogP contribution < -0.4 is 4.90 Å². The minimum atomic E-state index is -0.762. The van der Waals surface area contributed by atoms with E-state index >= 15 is 0 Å². The minimum Gasteiger partial charge on any atom is -0.462 e. The second-order valence-electron chi connectivity index (χ2n) is 7.84. The number of rotatable bonds is 5. The highest BCUT2D eigenvalue weighted by atomic mass is 16.6. The zero-order chi connectivity index (χ0) is 21.8. The van der Waals surface area contributed by atoms with Crippen molar-refractivity contribution in [3.8, 4) is 0 Å². The van der Waals surface area contributed by atoms with Gasteiger partial charge in [0.2, 0.25) is 5.82 Å². The second kappa shape index (κ2) is 9.06. The van der Waals surface area contributed by atoms with E-state index in [0.29, 0.717) is 19.5 Å². The van der Waals surface area contributed by atoms with E-state index < -0.39 is 22.6 Å². The van der Waals surface area contributed by atoms with E-state index in [1.165, 1.54) is 17.2 Å². The molecule has 0 aliphatic carbocycles.